The summed E-state index contributed by atoms with van der Waals surface area (Å²) in [5.41, 5.74) is 0.929. The monoisotopic (exact) mass is 280 g/mol. The number of carbonyl (C=O) groups is 1. The van der Waals surface area contributed by atoms with Gasteiger partial charge in [-0.05, 0) is 24.3 Å². The van der Waals surface area contributed by atoms with E-state index in [-0.39, 0.29) is 12.1 Å². The van der Waals surface area contributed by atoms with Crippen LogP contribution < -0.4 is 10.3 Å². The molecule has 0 aliphatic rings. The molecule has 1 aromatic heterocycles. The third kappa shape index (κ3) is 2.81. The quantitative estimate of drug-likeness (QED) is 0.544. The van der Waals surface area contributed by atoms with Gasteiger partial charge in [-0.2, -0.15) is 0 Å². The van der Waals surface area contributed by atoms with E-state index >= 15 is 0 Å². The van der Waals surface area contributed by atoms with Gasteiger partial charge < -0.3 is 4.74 Å². The van der Waals surface area contributed by atoms with Gasteiger partial charge in [0.05, 0.1) is 17.2 Å². The molecule has 0 saturated carbocycles. The molecule has 0 unspecified atom stereocenters. The molecule has 21 heavy (non-hydrogen) atoms. The Kier molecular flexibility index (Phi) is 3.47. The summed E-state index contributed by atoms with van der Waals surface area (Å²) >= 11 is 0. The Bertz CT molecular complexity index is 841. The van der Waals surface area contributed by atoms with Crippen LogP contribution in [0.4, 0.5) is 0 Å². The molecule has 104 valence electrons. The van der Waals surface area contributed by atoms with Crippen molar-refractivity contribution in [2.75, 3.05) is 0 Å². The fraction of sp³-hybridized carbons (Fsp3) is 0.0625. The van der Waals surface area contributed by atoms with Crippen LogP contribution in [0.25, 0.3) is 11.0 Å². The predicted octanol–water partition coefficient (Wildman–Crippen LogP) is 2.00. The fourth-order valence-electron chi connectivity index (χ4n) is 2.06. The normalized spacial score (nSPS) is 10.5. The molecule has 0 aliphatic carbocycles. The average molecular weight is 280 g/mol. The van der Waals surface area contributed by atoms with Gasteiger partial charge in [0.2, 0.25) is 0 Å². The topological polar surface area (TPSA) is 61.2 Å². The Hall–Kier alpha value is -2.95. The van der Waals surface area contributed by atoms with Gasteiger partial charge in [-0.1, -0.05) is 30.3 Å². The lowest BCUT2D eigenvalue weighted by Gasteiger charge is -2.09. The van der Waals surface area contributed by atoms with E-state index in [0.29, 0.717) is 16.8 Å². The molecule has 0 spiro atoms. The highest BCUT2D eigenvalue weighted by Gasteiger charge is 2.10. The van der Waals surface area contributed by atoms with E-state index in [1.54, 1.807) is 42.5 Å². The highest BCUT2D eigenvalue weighted by molar-refractivity contribution is 5.78. The zero-order chi connectivity index (χ0) is 14.7. The van der Waals surface area contributed by atoms with Gasteiger partial charge in [0.25, 0.3) is 5.56 Å². The molecule has 1 heterocycles. The summed E-state index contributed by atoms with van der Waals surface area (Å²) in [5, 5.41) is 0. The maximum atomic E-state index is 12.0. The van der Waals surface area contributed by atoms with E-state index in [9.17, 15) is 9.59 Å². The van der Waals surface area contributed by atoms with Crippen LogP contribution in [0.5, 0.6) is 5.75 Å². The number of aromatic nitrogens is 2. The van der Waals surface area contributed by atoms with Crippen LogP contribution in [-0.2, 0) is 11.3 Å². The van der Waals surface area contributed by atoms with Crippen molar-refractivity contribution in [3.63, 3.8) is 0 Å². The third-order valence-corrected chi connectivity index (χ3v) is 3.01. The Balaban J connectivity index is 1.89. The summed E-state index contributed by atoms with van der Waals surface area (Å²) in [6.07, 6.45) is 1.21. The number of hydrogen-bond acceptors (Lipinski definition) is 4. The first kappa shape index (κ1) is 13.1. The summed E-state index contributed by atoms with van der Waals surface area (Å²) in [6, 6.07) is 15.9. The third-order valence-electron chi connectivity index (χ3n) is 3.01. The summed E-state index contributed by atoms with van der Waals surface area (Å²) in [6.45, 7) is -0.156. The van der Waals surface area contributed by atoms with Crippen molar-refractivity contribution in [2.45, 2.75) is 6.54 Å². The van der Waals surface area contributed by atoms with E-state index < -0.39 is 5.97 Å². The molecule has 5 heteroatoms. The van der Waals surface area contributed by atoms with E-state index in [4.69, 9.17) is 4.74 Å². The molecule has 3 rings (SSSR count). The van der Waals surface area contributed by atoms with Crippen LogP contribution in [0.2, 0.25) is 0 Å². The molecule has 0 N–H and O–H groups in total. The number of fused-ring (bicyclic) bond motifs is 1. The van der Waals surface area contributed by atoms with Crippen LogP contribution in [0.1, 0.15) is 0 Å². The van der Waals surface area contributed by atoms with Crippen LogP contribution in [0, 0.1) is 0 Å². The number of esters is 1. The van der Waals surface area contributed by atoms with E-state index in [2.05, 4.69) is 4.98 Å². The van der Waals surface area contributed by atoms with Crippen molar-refractivity contribution in [3.05, 3.63) is 71.1 Å². The molecule has 0 radical (unpaired) electrons. The van der Waals surface area contributed by atoms with E-state index in [1.165, 1.54) is 10.8 Å². The van der Waals surface area contributed by atoms with Gasteiger partial charge in [-0.15, -0.1) is 0 Å². The Morgan fingerprint density at radius 2 is 1.76 bits per heavy atom. The molecule has 0 atom stereocenters. The van der Waals surface area contributed by atoms with Gasteiger partial charge in [-0.25, -0.2) is 9.78 Å². The minimum atomic E-state index is -0.500. The lowest BCUT2D eigenvalue weighted by atomic mass is 10.3. The zero-order valence-electron chi connectivity index (χ0n) is 11.1. The van der Waals surface area contributed by atoms with Crippen molar-refractivity contribution in [1.29, 1.82) is 0 Å². The van der Waals surface area contributed by atoms with Crippen LogP contribution in [-0.4, -0.2) is 15.5 Å². The highest BCUT2D eigenvalue weighted by Crippen LogP contribution is 2.11. The van der Waals surface area contributed by atoms with Crippen LogP contribution >= 0.6 is 0 Å². The highest BCUT2D eigenvalue weighted by atomic mass is 16.5. The van der Waals surface area contributed by atoms with Gasteiger partial charge in [-0.3, -0.25) is 9.36 Å². The fourth-order valence-corrected chi connectivity index (χ4v) is 2.06. The number of para-hydroxylation sites is 3. The van der Waals surface area contributed by atoms with Gasteiger partial charge >= 0.3 is 5.97 Å². The number of hydrogen-bond donors (Lipinski definition) is 0. The second-order valence-corrected chi connectivity index (χ2v) is 4.46. The first-order valence-electron chi connectivity index (χ1n) is 6.44. The Labute approximate surface area is 120 Å². The molecule has 2 aromatic carbocycles. The summed E-state index contributed by atoms with van der Waals surface area (Å²) in [7, 11) is 0. The van der Waals surface area contributed by atoms with E-state index in [0.717, 1.165) is 0 Å². The van der Waals surface area contributed by atoms with Crippen LogP contribution in [0.3, 0.4) is 0 Å². The molecule has 3 aromatic rings. The van der Waals surface area contributed by atoms with Gasteiger partial charge in [0, 0.05) is 0 Å². The maximum absolute atomic E-state index is 12.0. The van der Waals surface area contributed by atoms with Gasteiger partial charge in [0.1, 0.15) is 12.3 Å². The van der Waals surface area contributed by atoms with E-state index in [1.807, 2.05) is 12.1 Å². The lowest BCUT2D eigenvalue weighted by molar-refractivity contribution is -0.135. The van der Waals surface area contributed by atoms with Crippen LogP contribution in [0.15, 0.2) is 65.6 Å². The Morgan fingerprint density at radius 1 is 1.05 bits per heavy atom. The first-order valence-corrected chi connectivity index (χ1v) is 6.44. The molecule has 5 nitrogen and oxygen atoms in total. The molecule has 0 aliphatic heterocycles. The number of ether oxygens (including phenoxy) is 1. The Morgan fingerprint density at radius 3 is 2.57 bits per heavy atom. The van der Waals surface area contributed by atoms with Crippen molar-refractivity contribution in [1.82, 2.24) is 9.55 Å². The summed E-state index contributed by atoms with van der Waals surface area (Å²) in [4.78, 5) is 27.9. The molecular weight excluding hydrogens is 268 g/mol. The standard InChI is InChI=1S/C16H12N2O3/c19-15-10-17-13-8-4-5-9-14(13)18(15)11-16(20)21-12-6-2-1-3-7-12/h1-10H,11H2. The molecular formula is C16H12N2O3. The predicted molar refractivity (Wildman–Crippen MR) is 78.1 cm³/mol. The summed E-state index contributed by atoms with van der Waals surface area (Å²) in [5.74, 6) is -0.0476. The zero-order valence-corrected chi connectivity index (χ0v) is 11.1. The molecule has 0 saturated heterocycles. The lowest BCUT2D eigenvalue weighted by Crippen LogP contribution is -2.26. The number of benzene rings is 2. The van der Waals surface area contributed by atoms with Crippen molar-refractivity contribution in [3.8, 4) is 5.75 Å². The van der Waals surface area contributed by atoms with Crippen molar-refractivity contribution in [2.24, 2.45) is 0 Å². The number of rotatable bonds is 3. The molecule has 0 amide bonds. The SMILES string of the molecule is O=C(Cn1c(=O)cnc2ccccc21)Oc1ccccc1. The minimum Gasteiger partial charge on any atom is -0.425 e. The second kappa shape index (κ2) is 5.58. The largest absolute Gasteiger partial charge is 0.425 e. The number of nitrogens with zero attached hydrogens (tertiary/aromatic N) is 2. The summed E-state index contributed by atoms with van der Waals surface area (Å²) < 4.78 is 6.56. The second-order valence-electron chi connectivity index (χ2n) is 4.46. The minimum absolute atomic E-state index is 0.156. The molecule has 0 fully saturated rings. The van der Waals surface area contributed by atoms with Gasteiger partial charge in [0.15, 0.2) is 0 Å². The number of carbonyl (C=O) groups excluding carboxylic acids is 1. The average Bonchev–Trinajstić information content (AvgIpc) is 2.51. The van der Waals surface area contributed by atoms with Crippen molar-refractivity contribution >= 4 is 17.0 Å². The van der Waals surface area contributed by atoms with Crippen molar-refractivity contribution < 1.29 is 9.53 Å². The smallest absolute Gasteiger partial charge is 0.331 e. The maximum Gasteiger partial charge on any atom is 0.331 e. The first-order chi connectivity index (χ1) is 10.2. The molecule has 0 bridgehead atoms.